The van der Waals surface area contributed by atoms with E-state index in [1.165, 1.54) is 12.8 Å². The van der Waals surface area contributed by atoms with Crippen LogP contribution in [0.4, 0.5) is 0 Å². The van der Waals surface area contributed by atoms with E-state index in [1.54, 1.807) is 0 Å². The van der Waals surface area contributed by atoms with E-state index in [9.17, 15) is 4.79 Å². The molecule has 80 valence electrons. The fourth-order valence-corrected chi connectivity index (χ4v) is 2.76. The van der Waals surface area contributed by atoms with Crippen molar-refractivity contribution in [3.05, 3.63) is 0 Å². The van der Waals surface area contributed by atoms with Crippen LogP contribution in [-0.4, -0.2) is 25.7 Å². The van der Waals surface area contributed by atoms with Gasteiger partial charge in [0.25, 0.3) is 0 Å². The second-order valence-corrected chi connectivity index (χ2v) is 4.46. The maximum absolute atomic E-state index is 11.7. The highest BCUT2D eigenvalue weighted by Crippen LogP contribution is 2.36. The van der Waals surface area contributed by atoms with Crippen LogP contribution in [0.25, 0.3) is 0 Å². The lowest BCUT2D eigenvalue weighted by atomic mass is 9.75. The van der Waals surface area contributed by atoms with Gasteiger partial charge in [0.2, 0.25) is 0 Å². The monoisotopic (exact) mass is 197 g/mol. The molecule has 3 nitrogen and oxygen atoms in total. The van der Waals surface area contributed by atoms with Gasteiger partial charge in [-0.05, 0) is 51.1 Å². The number of hydrogen-bond acceptors (Lipinski definition) is 3. The zero-order chi connectivity index (χ0) is 9.97. The quantitative estimate of drug-likeness (QED) is 0.676. The van der Waals surface area contributed by atoms with Crippen molar-refractivity contribution in [2.75, 3.05) is 19.7 Å². The van der Waals surface area contributed by atoms with Crippen LogP contribution >= 0.6 is 0 Å². The molecule has 0 aromatic heterocycles. The molecule has 3 heteroatoms. The first-order valence-electron chi connectivity index (χ1n) is 5.68. The van der Waals surface area contributed by atoms with Crippen LogP contribution in [0.15, 0.2) is 0 Å². The SMILES string of the molecule is CCOC(=O)[C@@H]1C[C@@H]2CC[C@H]1CNC2. The number of esters is 1. The van der Waals surface area contributed by atoms with Crippen LogP contribution in [0.1, 0.15) is 26.2 Å². The number of nitrogens with one attached hydrogen (secondary N) is 1. The number of carbonyl (C=O) groups is 1. The van der Waals surface area contributed by atoms with Crippen molar-refractivity contribution in [3.8, 4) is 0 Å². The Morgan fingerprint density at radius 2 is 2.29 bits per heavy atom. The van der Waals surface area contributed by atoms with Crippen molar-refractivity contribution in [1.29, 1.82) is 0 Å². The molecule has 3 atom stereocenters. The molecule has 3 aliphatic rings. The topological polar surface area (TPSA) is 38.3 Å². The summed E-state index contributed by atoms with van der Waals surface area (Å²) in [6.45, 7) is 4.48. The maximum atomic E-state index is 11.7. The minimum atomic E-state index is 0.0332. The standard InChI is InChI=1S/C11H19NO2/c1-2-14-11(13)10-5-8-3-4-9(10)7-12-6-8/h8-10,12H,2-7H2,1H3/t8-,9-,10+/m0/s1. The Bertz CT molecular complexity index is 213. The highest BCUT2D eigenvalue weighted by Gasteiger charge is 2.37. The number of ether oxygens (including phenoxy) is 1. The lowest BCUT2D eigenvalue weighted by Gasteiger charge is -2.29. The third-order valence-electron chi connectivity index (χ3n) is 3.53. The van der Waals surface area contributed by atoms with E-state index in [0.29, 0.717) is 18.4 Å². The van der Waals surface area contributed by atoms with Crippen molar-refractivity contribution in [3.63, 3.8) is 0 Å². The molecule has 0 amide bonds. The molecule has 14 heavy (non-hydrogen) atoms. The molecule has 1 saturated carbocycles. The molecule has 2 aliphatic heterocycles. The fourth-order valence-electron chi connectivity index (χ4n) is 2.76. The summed E-state index contributed by atoms with van der Waals surface area (Å²) < 4.78 is 5.12. The van der Waals surface area contributed by atoms with E-state index in [-0.39, 0.29) is 11.9 Å². The van der Waals surface area contributed by atoms with E-state index in [0.717, 1.165) is 19.5 Å². The van der Waals surface area contributed by atoms with Crippen LogP contribution in [0.5, 0.6) is 0 Å². The first kappa shape index (κ1) is 9.97. The summed E-state index contributed by atoms with van der Waals surface area (Å²) in [7, 11) is 0. The largest absolute Gasteiger partial charge is 0.466 e. The Labute approximate surface area is 85.2 Å². The zero-order valence-corrected chi connectivity index (χ0v) is 8.79. The van der Waals surface area contributed by atoms with Crippen molar-refractivity contribution in [1.82, 2.24) is 5.32 Å². The number of carbonyl (C=O) groups excluding carboxylic acids is 1. The van der Waals surface area contributed by atoms with E-state index in [4.69, 9.17) is 4.74 Å². The average molecular weight is 197 g/mol. The number of hydrogen-bond donors (Lipinski definition) is 1. The minimum absolute atomic E-state index is 0.0332. The molecule has 0 aromatic carbocycles. The molecule has 1 aliphatic carbocycles. The molecule has 1 N–H and O–H groups in total. The van der Waals surface area contributed by atoms with E-state index in [2.05, 4.69) is 5.32 Å². The lowest BCUT2D eigenvalue weighted by molar-refractivity contribution is -0.151. The maximum Gasteiger partial charge on any atom is 0.309 e. The highest BCUT2D eigenvalue weighted by molar-refractivity contribution is 5.73. The fraction of sp³-hybridized carbons (Fsp3) is 0.909. The summed E-state index contributed by atoms with van der Waals surface area (Å²) in [6, 6.07) is 0. The summed E-state index contributed by atoms with van der Waals surface area (Å²) in [5.41, 5.74) is 0. The predicted octanol–water partition coefficient (Wildman–Crippen LogP) is 1.19. The van der Waals surface area contributed by atoms with Gasteiger partial charge in [0.05, 0.1) is 12.5 Å². The van der Waals surface area contributed by atoms with Gasteiger partial charge >= 0.3 is 5.97 Å². The van der Waals surface area contributed by atoms with Crippen molar-refractivity contribution in [2.24, 2.45) is 17.8 Å². The van der Waals surface area contributed by atoms with Gasteiger partial charge in [0.1, 0.15) is 0 Å². The van der Waals surface area contributed by atoms with Crippen LogP contribution in [0, 0.1) is 17.8 Å². The highest BCUT2D eigenvalue weighted by atomic mass is 16.5. The Balaban J connectivity index is 2.01. The van der Waals surface area contributed by atoms with Crippen LogP contribution in [0.2, 0.25) is 0 Å². The summed E-state index contributed by atoms with van der Waals surface area (Å²) in [4.78, 5) is 11.7. The van der Waals surface area contributed by atoms with Crippen molar-refractivity contribution < 1.29 is 9.53 Å². The molecule has 0 spiro atoms. The predicted molar refractivity (Wildman–Crippen MR) is 53.8 cm³/mol. The van der Waals surface area contributed by atoms with E-state index >= 15 is 0 Å². The second-order valence-electron chi connectivity index (χ2n) is 4.46. The molecular weight excluding hydrogens is 178 g/mol. The Morgan fingerprint density at radius 3 is 3.07 bits per heavy atom. The first-order valence-corrected chi connectivity index (χ1v) is 5.68. The van der Waals surface area contributed by atoms with Crippen molar-refractivity contribution in [2.45, 2.75) is 26.2 Å². The van der Waals surface area contributed by atoms with Gasteiger partial charge in [-0.2, -0.15) is 0 Å². The molecule has 2 heterocycles. The van der Waals surface area contributed by atoms with Gasteiger partial charge in [-0.3, -0.25) is 4.79 Å². The minimum Gasteiger partial charge on any atom is -0.466 e. The lowest BCUT2D eigenvalue weighted by Crippen LogP contribution is -2.32. The van der Waals surface area contributed by atoms with Crippen molar-refractivity contribution >= 4 is 5.97 Å². The average Bonchev–Trinajstić information content (AvgIpc) is 2.52. The van der Waals surface area contributed by atoms with Gasteiger partial charge in [0, 0.05) is 0 Å². The van der Waals surface area contributed by atoms with Gasteiger partial charge in [-0.25, -0.2) is 0 Å². The molecular formula is C11H19NO2. The normalized spacial score (nSPS) is 36.5. The Morgan fingerprint density at radius 1 is 1.43 bits per heavy atom. The zero-order valence-electron chi connectivity index (χ0n) is 8.79. The van der Waals surface area contributed by atoms with Gasteiger partial charge in [0.15, 0.2) is 0 Å². The summed E-state index contributed by atoms with van der Waals surface area (Å²) >= 11 is 0. The summed E-state index contributed by atoms with van der Waals surface area (Å²) in [6.07, 6.45) is 3.52. The molecule has 0 aromatic rings. The van der Waals surface area contributed by atoms with Crippen LogP contribution < -0.4 is 5.32 Å². The second kappa shape index (κ2) is 4.30. The van der Waals surface area contributed by atoms with Crippen LogP contribution in [-0.2, 0) is 9.53 Å². The molecule has 2 bridgehead atoms. The smallest absolute Gasteiger partial charge is 0.309 e. The molecule has 0 radical (unpaired) electrons. The molecule has 3 fully saturated rings. The van der Waals surface area contributed by atoms with Gasteiger partial charge in [-0.1, -0.05) is 0 Å². The van der Waals surface area contributed by atoms with E-state index in [1.807, 2.05) is 6.92 Å². The Kier molecular flexibility index (Phi) is 3.06. The first-order chi connectivity index (χ1) is 6.81. The van der Waals surface area contributed by atoms with Gasteiger partial charge in [-0.15, -0.1) is 0 Å². The molecule has 2 saturated heterocycles. The Hall–Kier alpha value is -0.570. The van der Waals surface area contributed by atoms with Gasteiger partial charge < -0.3 is 10.1 Å². The summed E-state index contributed by atoms with van der Waals surface area (Å²) in [5.74, 6) is 1.42. The third-order valence-corrected chi connectivity index (χ3v) is 3.53. The van der Waals surface area contributed by atoms with Crippen LogP contribution in [0.3, 0.4) is 0 Å². The third kappa shape index (κ3) is 1.92. The molecule has 3 rings (SSSR count). The summed E-state index contributed by atoms with van der Waals surface area (Å²) in [5, 5.41) is 3.43. The number of fused-ring (bicyclic) bond motifs is 4. The van der Waals surface area contributed by atoms with E-state index < -0.39 is 0 Å². The number of rotatable bonds is 2. The molecule has 0 unspecified atom stereocenters.